The van der Waals surface area contributed by atoms with Gasteiger partial charge in [-0.3, -0.25) is 9.59 Å². The second kappa shape index (κ2) is 13.2. The zero-order valence-electron chi connectivity index (χ0n) is 26.5. The first-order valence-electron chi connectivity index (χ1n) is 15.5. The van der Waals surface area contributed by atoms with E-state index in [0.717, 1.165) is 18.6 Å². The van der Waals surface area contributed by atoms with Gasteiger partial charge < -0.3 is 13.9 Å². The van der Waals surface area contributed by atoms with E-state index in [9.17, 15) is 9.59 Å². The number of ether oxygens (including phenoxy) is 2. The van der Waals surface area contributed by atoms with E-state index < -0.39 is 31.5 Å². The molecule has 1 heterocycles. The van der Waals surface area contributed by atoms with Gasteiger partial charge in [-0.2, -0.15) is 0 Å². The summed E-state index contributed by atoms with van der Waals surface area (Å²) in [6.07, 6.45) is 1.13. The number of para-hydroxylation sites is 3. The van der Waals surface area contributed by atoms with Gasteiger partial charge in [0.25, 0.3) is 0 Å². The zero-order valence-corrected chi connectivity index (χ0v) is 28.3. The van der Waals surface area contributed by atoms with Crippen LogP contribution in [0.5, 0.6) is 11.5 Å². The Bertz CT molecular complexity index is 1470. The Kier molecular flexibility index (Phi) is 9.61. The van der Waals surface area contributed by atoms with Gasteiger partial charge in [-0.05, 0) is 66.7 Å². The summed E-state index contributed by atoms with van der Waals surface area (Å²) in [5, 5.41) is -0.574. The third-order valence-electron chi connectivity index (χ3n) is 8.77. The summed E-state index contributed by atoms with van der Waals surface area (Å²) < 4.78 is 20.7. The fourth-order valence-corrected chi connectivity index (χ4v) is 7.95. The Morgan fingerprint density at radius 3 is 1.89 bits per heavy atom. The first kappa shape index (κ1) is 31.9. The van der Waals surface area contributed by atoms with Crippen LogP contribution in [0, 0.1) is 11.8 Å². The monoisotopic (exact) mass is 629 g/mol. The van der Waals surface area contributed by atoms with Crippen molar-refractivity contribution in [3.05, 3.63) is 103 Å². The molecule has 6 nitrogen and oxygen atoms in total. The molecule has 2 amide bonds. The van der Waals surface area contributed by atoms with E-state index >= 15 is 0 Å². The molecule has 0 spiro atoms. The van der Waals surface area contributed by atoms with E-state index in [1.165, 1.54) is 4.90 Å². The van der Waals surface area contributed by atoms with Crippen molar-refractivity contribution in [1.82, 2.24) is 0 Å². The lowest BCUT2D eigenvalue weighted by atomic mass is 9.80. The van der Waals surface area contributed by atoms with Gasteiger partial charge in [-0.15, -0.1) is 11.8 Å². The lowest BCUT2D eigenvalue weighted by molar-refractivity contribution is -0.124. The highest BCUT2D eigenvalue weighted by molar-refractivity contribution is 8.00. The molecular formula is C36H43NO5SSi. The number of amides is 2. The molecule has 5 rings (SSSR count). The average molecular weight is 630 g/mol. The van der Waals surface area contributed by atoms with Gasteiger partial charge in [0.05, 0.1) is 22.8 Å². The number of benzene rings is 3. The second-order valence-electron chi connectivity index (χ2n) is 12.9. The fraction of sp³-hybridized carbons (Fsp3) is 0.389. The quantitative estimate of drug-likeness (QED) is 0.120. The molecule has 0 unspecified atom stereocenters. The largest absolute Gasteiger partial charge is 0.541 e. The SMILES string of the molecule is CCCCS[C@H]1C(Oc2ccccc2)=C(O[Si](C)(C)C(C)(C)C)[C@@H](Oc2ccccc2)[C@H]2C(=O)N(c3ccccc3)C(=O)[C@H]21. The third kappa shape index (κ3) is 6.47. The standard InChI is InChI=1S/C36H43NO5SSi/c1-7-8-24-43-33-29-28(34(38)37(35(29)39)25-18-12-9-13-19-25)30(40-26-20-14-10-15-21-26)31(42-44(5,6)36(2,3)4)32(33)41-27-22-16-11-17-23-27/h9-23,28-30,33H,7-8,24H2,1-6H3/t28-,29+,30-,33+/m0/s1. The van der Waals surface area contributed by atoms with Crippen LogP contribution in [0.15, 0.2) is 103 Å². The van der Waals surface area contributed by atoms with E-state index in [0.29, 0.717) is 28.7 Å². The predicted octanol–water partition coefficient (Wildman–Crippen LogP) is 8.47. The maximum Gasteiger partial charge on any atom is 0.250 e. The average Bonchev–Trinajstić information content (AvgIpc) is 3.26. The molecule has 3 aromatic carbocycles. The summed E-state index contributed by atoms with van der Waals surface area (Å²) in [4.78, 5) is 30.3. The van der Waals surface area contributed by atoms with Crippen molar-refractivity contribution >= 4 is 37.6 Å². The van der Waals surface area contributed by atoms with E-state index in [1.807, 2.05) is 78.9 Å². The molecule has 1 aliphatic carbocycles. The highest BCUT2D eigenvalue weighted by Gasteiger charge is 2.62. The van der Waals surface area contributed by atoms with Gasteiger partial charge in [0.15, 0.2) is 17.6 Å². The zero-order chi connectivity index (χ0) is 31.5. The van der Waals surface area contributed by atoms with Crippen molar-refractivity contribution in [1.29, 1.82) is 0 Å². The highest BCUT2D eigenvalue weighted by Crippen LogP contribution is 2.51. The maximum absolute atomic E-state index is 14.5. The molecule has 1 aliphatic heterocycles. The van der Waals surface area contributed by atoms with Crippen LogP contribution in [0.3, 0.4) is 0 Å². The molecular weight excluding hydrogens is 587 g/mol. The summed E-state index contributed by atoms with van der Waals surface area (Å²) in [6, 6.07) is 28.2. The van der Waals surface area contributed by atoms with E-state index in [-0.39, 0.29) is 16.9 Å². The lowest BCUT2D eigenvalue weighted by Gasteiger charge is -2.44. The van der Waals surface area contributed by atoms with Crippen molar-refractivity contribution in [3.63, 3.8) is 0 Å². The van der Waals surface area contributed by atoms with Crippen molar-refractivity contribution in [2.75, 3.05) is 10.7 Å². The molecule has 1 saturated heterocycles. The van der Waals surface area contributed by atoms with Gasteiger partial charge in [-0.25, -0.2) is 4.90 Å². The number of imide groups is 1. The summed E-state index contributed by atoms with van der Waals surface area (Å²) in [6.45, 7) is 13.1. The first-order chi connectivity index (χ1) is 21.0. The number of hydrogen-bond acceptors (Lipinski definition) is 6. The normalized spacial score (nSPS) is 22.2. The third-order valence-corrected chi connectivity index (χ3v) is 14.5. The highest BCUT2D eigenvalue weighted by atomic mass is 32.2. The van der Waals surface area contributed by atoms with Crippen molar-refractivity contribution in [2.24, 2.45) is 11.8 Å². The first-order valence-corrected chi connectivity index (χ1v) is 19.4. The number of rotatable bonds is 11. The number of nitrogens with zero attached hydrogens (tertiary/aromatic N) is 1. The summed E-state index contributed by atoms with van der Waals surface area (Å²) in [5.41, 5.74) is 0.560. The van der Waals surface area contributed by atoms with Crippen LogP contribution < -0.4 is 14.4 Å². The Hall–Kier alpha value is -3.49. The molecule has 8 heteroatoms. The molecule has 3 aromatic rings. The van der Waals surface area contributed by atoms with Crippen LogP contribution in [-0.2, 0) is 14.0 Å². The summed E-state index contributed by atoms with van der Waals surface area (Å²) in [5.74, 6) is 1.17. The minimum atomic E-state index is -2.48. The van der Waals surface area contributed by atoms with Crippen molar-refractivity contribution < 1.29 is 23.5 Å². The maximum atomic E-state index is 14.5. The summed E-state index contributed by atoms with van der Waals surface area (Å²) in [7, 11) is -2.48. The van der Waals surface area contributed by atoms with Crippen LogP contribution in [0.25, 0.3) is 0 Å². The van der Waals surface area contributed by atoms with Crippen molar-refractivity contribution in [2.45, 2.75) is 70.0 Å². The number of thioether (sulfide) groups is 1. The van der Waals surface area contributed by atoms with Crippen LogP contribution in [0.2, 0.25) is 18.1 Å². The number of anilines is 1. The Morgan fingerprint density at radius 2 is 1.32 bits per heavy atom. The van der Waals surface area contributed by atoms with Gasteiger partial charge in [0.2, 0.25) is 20.1 Å². The lowest BCUT2D eigenvalue weighted by Crippen LogP contribution is -2.51. The van der Waals surface area contributed by atoms with E-state index in [2.05, 4.69) is 40.8 Å². The van der Waals surface area contributed by atoms with Crippen molar-refractivity contribution in [3.8, 4) is 11.5 Å². The molecule has 0 bridgehead atoms. The van der Waals surface area contributed by atoms with E-state index in [1.54, 1.807) is 23.9 Å². The molecule has 0 saturated carbocycles. The van der Waals surface area contributed by atoms with Crippen LogP contribution in [0.4, 0.5) is 5.69 Å². The molecule has 2 aliphatic rings. The fourth-order valence-electron chi connectivity index (χ4n) is 5.35. The molecule has 4 atom stereocenters. The van der Waals surface area contributed by atoms with Gasteiger partial charge in [-0.1, -0.05) is 88.7 Å². The topological polar surface area (TPSA) is 65.1 Å². The Morgan fingerprint density at radius 1 is 0.773 bits per heavy atom. The van der Waals surface area contributed by atoms with Crippen LogP contribution >= 0.6 is 11.8 Å². The molecule has 1 fully saturated rings. The molecule has 0 aromatic heterocycles. The number of fused-ring (bicyclic) bond motifs is 1. The summed E-state index contributed by atoms with van der Waals surface area (Å²) >= 11 is 1.67. The molecule has 0 radical (unpaired) electrons. The molecule has 232 valence electrons. The molecule has 44 heavy (non-hydrogen) atoms. The smallest absolute Gasteiger partial charge is 0.250 e. The second-order valence-corrected chi connectivity index (χ2v) is 18.9. The number of hydrogen-bond donors (Lipinski definition) is 0. The van der Waals surface area contributed by atoms with E-state index in [4.69, 9.17) is 13.9 Å². The van der Waals surface area contributed by atoms with Crippen LogP contribution in [-0.4, -0.2) is 37.2 Å². The number of unbranched alkanes of at least 4 members (excludes halogenated alkanes) is 1. The molecule has 0 N–H and O–H groups in total. The minimum absolute atomic E-state index is 0.136. The minimum Gasteiger partial charge on any atom is -0.541 e. The number of carbonyl (C=O) groups excluding carboxylic acids is 2. The van der Waals surface area contributed by atoms with Gasteiger partial charge in [0, 0.05) is 0 Å². The van der Waals surface area contributed by atoms with Crippen LogP contribution in [0.1, 0.15) is 40.5 Å². The Labute approximate surface area is 266 Å². The number of carbonyl (C=O) groups is 2. The van der Waals surface area contributed by atoms with Gasteiger partial charge in [0.1, 0.15) is 11.5 Å². The Balaban J connectivity index is 1.74. The van der Waals surface area contributed by atoms with Gasteiger partial charge >= 0.3 is 0 Å². The predicted molar refractivity (Wildman–Crippen MR) is 180 cm³/mol.